The molecule has 2 aromatic rings. The normalized spacial score (nSPS) is 10.4. The molecule has 0 aliphatic heterocycles. The van der Waals surface area contributed by atoms with Gasteiger partial charge in [-0.25, -0.2) is 4.98 Å². The van der Waals surface area contributed by atoms with E-state index in [1.807, 2.05) is 12.9 Å². The lowest BCUT2D eigenvalue weighted by Crippen LogP contribution is -2.10. The maximum absolute atomic E-state index is 9.25. The number of rotatable bonds is 1. The lowest BCUT2D eigenvalue weighted by Gasteiger charge is -1.93. The largest absolute Gasteiger partial charge is 0.492 e. The minimum Gasteiger partial charge on any atom is -0.492 e. The summed E-state index contributed by atoms with van der Waals surface area (Å²) in [6, 6.07) is 1.89. The fourth-order valence-electron chi connectivity index (χ4n) is 1.13. The first-order valence-electron chi connectivity index (χ1n) is 3.83. The quantitative estimate of drug-likeness (QED) is 0.568. The Bertz CT molecular complexity index is 412. The molecule has 12 heavy (non-hydrogen) atoms. The highest BCUT2D eigenvalue weighted by atomic mass is 16.3. The van der Waals surface area contributed by atoms with Crippen molar-refractivity contribution in [2.24, 2.45) is 0 Å². The molecule has 4 nitrogen and oxygen atoms in total. The number of H-pyrrole nitrogens is 1. The van der Waals surface area contributed by atoms with Crippen LogP contribution in [-0.4, -0.2) is 27.6 Å². The molecule has 60 valence electrons. The van der Waals surface area contributed by atoms with Gasteiger partial charge < -0.3 is 5.11 Å². The van der Waals surface area contributed by atoms with Crippen LogP contribution in [0.4, 0.5) is 0 Å². The maximum Gasteiger partial charge on any atom is 0.239 e. The van der Waals surface area contributed by atoms with Gasteiger partial charge in [-0.3, -0.25) is 5.10 Å². The Balaban J connectivity index is 2.71. The Hall–Kier alpha value is -1.52. The van der Waals surface area contributed by atoms with Crippen LogP contribution in [0.1, 0.15) is 0 Å². The van der Waals surface area contributed by atoms with Crippen molar-refractivity contribution in [3.8, 4) is 5.88 Å². The second-order valence-electron chi connectivity index (χ2n) is 2.64. The zero-order chi connectivity index (χ0) is 8.55. The Morgan fingerprint density at radius 2 is 2.42 bits per heavy atom. The Morgan fingerprint density at radius 1 is 1.58 bits per heavy atom. The zero-order valence-corrected chi connectivity index (χ0v) is 6.70. The van der Waals surface area contributed by atoms with Crippen LogP contribution in [-0.2, 0) is 0 Å². The van der Waals surface area contributed by atoms with Crippen LogP contribution in [0.2, 0.25) is 6.82 Å². The Labute approximate surface area is 69.9 Å². The molecule has 0 atom stereocenters. The van der Waals surface area contributed by atoms with Crippen LogP contribution < -0.4 is 5.46 Å². The highest BCUT2D eigenvalue weighted by Crippen LogP contribution is 2.16. The summed E-state index contributed by atoms with van der Waals surface area (Å²) in [5.41, 5.74) is 1.73. The first kappa shape index (κ1) is 7.15. The summed E-state index contributed by atoms with van der Waals surface area (Å²) in [4.78, 5) is 4.09. The fraction of sp³-hybridized carbons (Fsp3) is 0.143. The molecule has 2 heterocycles. The summed E-state index contributed by atoms with van der Waals surface area (Å²) in [6.45, 7) is 2.04. The van der Waals surface area contributed by atoms with Gasteiger partial charge in [-0.05, 0) is 0 Å². The van der Waals surface area contributed by atoms with Crippen LogP contribution in [0, 0.1) is 0 Å². The Morgan fingerprint density at radius 3 is 3.17 bits per heavy atom. The average molecular weight is 161 g/mol. The number of hydrogen-bond acceptors (Lipinski definition) is 3. The van der Waals surface area contributed by atoms with Gasteiger partial charge in [-0.2, -0.15) is 0 Å². The lowest BCUT2D eigenvalue weighted by atomic mass is 9.74. The molecule has 0 radical (unpaired) electrons. The predicted octanol–water partition coefficient (Wildman–Crippen LogP) is -0.227. The standard InChI is InChI=1S/C7H8BN3O/c1-8-4-2-5-6(9-3-4)10-11-7(5)12/h2-3,8H,1H3,(H2,9,10,11,12). The highest BCUT2D eigenvalue weighted by Gasteiger charge is 2.04. The van der Waals surface area contributed by atoms with Gasteiger partial charge in [0.2, 0.25) is 5.88 Å². The fourth-order valence-corrected chi connectivity index (χ4v) is 1.13. The van der Waals surface area contributed by atoms with Crippen LogP contribution in [0.3, 0.4) is 0 Å². The molecular formula is C7H8BN3O. The third-order valence-corrected chi connectivity index (χ3v) is 1.86. The van der Waals surface area contributed by atoms with Crippen molar-refractivity contribution < 1.29 is 5.11 Å². The molecule has 0 unspecified atom stereocenters. The van der Waals surface area contributed by atoms with E-state index in [1.165, 1.54) is 0 Å². The number of aromatic hydroxyl groups is 1. The van der Waals surface area contributed by atoms with E-state index in [0.717, 1.165) is 12.7 Å². The third kappa shape index (κ3) is 0.940. The minimum atomic E-state index is 0.0211. The van der Waals surface area contributed by atoms with E-state index >= 15 is 0 Å². The lowest BCUT2D eigenvalue weighted by molar-refractivity contribution is 0.457. The zero-order valence-electron chi connectivity index (χ0n) is 6.70. The van der Waals surface area contributed by atoms with Crippen LogP contribution in [0.5, 0.6) is 5.88 Å². The molecule has 0 saturated heterocycles. The van der Waals surface area contributed by atoms with E-state index < -0.39 is 0 Å². The first-order chi connectivity index (χ1) is 5.81. The van der Waals surface area contributed by atoms with Crippen molar-refractivity contribution in [1.29, 1.82) is 0 Å². The van der Waals surface area contributed by atoms with Crippen molar-refractivity contribution in [3.63, 3.8) is 0 Å². The van der Waals surface area contributed by atoms with Gasteiger partial charge in [0.05, 0.1) is 5.39 Å². The molecule has 0 fully saturated rings. The summed E-state index contributed by atoms with van der Waals surface area (Å²) in [7, 11) is 0.910. The summed E-state index contributed by atoms with van der Waals surface area (Å²) in [5, 5.41) is 16.2. The van der Waals surface area contributed by atoms with Crippen LogP contribution in [0.25, 0.3) is 11.0 Å². The van der Waals surface area contributed by atoms with E-state index in [9.17, 15) is 5.11 Å². The number of nitrogens with one attached hydrogen (secondary N) is 1. The number of aromatic amines is 1. The number of pyridine rings is 1. The van der Waals surface area contributed by atoms with Crippen molar-refractivity contribution >= 4 is 23.8 Å². The summed E-state index contributed by atoms with van der Waals surface area (Å²) < 4.78 is 0. The van der Waals surface area contributed by atoms with Crippen molar-refractivity contribution in [3.05, 3.63) is 12.3 Å². The van der Waals surface area contributed by atoms with Gasteiger partial charge in [-0.15, -0.1) is 5.10 Å². The van der Waals surface area contributed by atoms with Gasteiger partial charge in [-0.1, -0.05) is 18.4 Å². The maximum atomic E-state index is 9.25. The molecule has 0 aliphatic rings. The van der Waals surface area contributed by atoms with Crippen molar-refractivity contribution in [2.45, 2.75) is 6.82 Å². The van der Waals surface area contributed by atoms with E-state index in [2.05, 4.69) is 15.2 Å². The predicted molar refractivity (Wildman–Crippen MR) is 48.2 cm³/mol. The molecule has 0 amide bonds. The van der Waals surface area contributed by atoms with E-state index in [4.69, 9.17) is 0 Å². The second-order valence-corrected chi connectivity index (χ2v) is 2.64. The van der Waals surface area contributed by atoms with Gasteiger partial charge in [0.1, 0.15) is 0 Å². The molecular weight excluding hydrogens is 153 g/mol. The van der Waals surface area contributed by atoms with Crippen LogP contribution >= 0.6 is 0 Å². The van der Waals surface area contributed by atoms with Gasteiger partial charge in [0.15, 0.2) is 12.9 Å². The molecule has 0 bridgehead atoms. The summed E-state index contributed by atoms with van der Waals surface area (Å²) >= 11 is 0. The van der Waals surface area contributed by atoms with E-state index in [1.54, 1.807) is 6.20 Å². The monoisotopic (exact) mass is 161 g/mol. The molecule has 2 aromatic heterocycles. The topological polar surface area (TPSA) is 61.8 Å². The average Bonchev–Trinajstić information content (AvgIpc) is 2.47. The van der Waals surface area contributed by atoms with E-state index in [-0.39, 0.29) is 5.88 Å². The molecule has 0 aromatic carbocycles. The SMILES string of the molecule is CBc1cnc2[nH]nc(O)c2c1. The Kier molecular flexibility index (Phi) is 1.50. The molecule has 0 spiro atoms. The smallest absolute Gasteiger partial charge is 0.239 e. The molecule has 2 rings (SSSR count). The number of aromatic nitrogens is 3. The summed E-state index contributed by atoms with van der Waals surface area (Å²) in [5.74, 6) is 0.0211. The van der Waals surface area contributed by atoms with Crippen molar-refractivity contribution in [1.82, 2.24) is 15.2 Å². The molecule has 0 saturated carbocycles. The van der Waals surface area contributed by atoms with Gasteiger partial charge in [0, 0.05) is 6.20 Å². The second kappa shape index (κ2) is 2.51. The third-order valence-electron chi connectivity index (χ3n) is 1.86. The number of hydrogen-bond donors (Lipinski definition) is 2. The minimum absolute atomic E-state index is 0.0211. The first-order valence-corrected chi connectivity index (χ1v) is 3.83. The molecule has 5 heteroatoms. The molecule has 2 N–H and O–H groups in total. The summed E-state index contributed by atoms with van der Waals surface area (Å²) in [6.07, 6.45) is 1.78. The number of nitrogens with zero attached hydrogens (tertiary/aromatic N) is 2. The van der Waals surface area contributed by atoms with Gasteiger partial charge in [0.25, 0.3) is 0 Å². The van der Waals surface area contributed by atoms with E-state index in [0.29, 0.717) is 11.0 Å². The van der Waals surface area contributed by atoms with Crippen LogP contribution in [0.15, 0.2) is 12.3 Å². The highest BCUT2D eigenvalue weighted by molar-refractivity contribution is 6.52. The van der Waals surface area contributed by atoms with Gasteiger partial charge >= 0.3 is 0 Å². The number of fused-ring (bicyclic) bond motifs is 1. The van der Waals surface area contributed by atoms with Crippen molar-refractivity contribution in [2.75, 3.05) is 0 Å². The molecule has 0 aliphatic carbocycles.